The first-order valence-corrected chi connectivity index (χ1v) is 11.4. The van der Waals surface area contributed by atoms with Gasteiger partial charge in [-0.3, -0.25) is 24.1 Å². The summed E-state index contributed by atoms with van der Waals surface area (Å²) in [5, 5.41) is 56.8. The van der Waals surface area contributed by atoms with Crippen LogP contribution in [0.25, 0.3) is 5.76 Å². The molecule has 3 aliphatic rings. The molecule has 0 radical (unpaired) electrons. The molecule has 4 rings (SSSR count). The van der Waals surface area contributed by atoms with Crippen LogP contribution in [0.3, 0.4) is 0 Å². The molecule has 12 heteroatoms. The molecular formula is C25H29N3O9. The highest BCUT2D eigenvalue weighted by molar-refractivity contribution is 6.25. The summed E-state index contributed by atoms with van der Waals surface area (Å²) in [6.07, 6.45) is -2.04. The van der Waals surface area contributed by atoms with E-state index in [0.717, 1.165) is 13.0 Å². The Morgan fingerprint density at radius 2 is 1.68 bits per heavy atom. The lowest BCUT2D eigenvalue weighted by molar-refractivity contribution is -0.202. The number of hydrogen-bond donors (Lipinski definition) is 7. The van der Waals surface area contributed by atoms with Crippen molar-refractivity contribution in [2.24, 2.45) is 16.9 Å². The summed E-state index contributed by atoms with van der Waals surface area (Å²) >= 11 is 0. The van der Waals surface area contributed by atoms with Crippen LogP contribution >= 0.6 is 0 Å². The van der Waals surface area contributed by atoms with Crippen LogP contribution in [-0.2, 0) is 14.4 Å². The fourth-order valence-corrected chi connectivity index (χ4v) is 6.62. The van der Waals surface area contributed by atoms with E-state index in [0.29, 0.717) is 0 Å². The fraction of sp³-hybridized carbons (Fsp3) is 0.440. The maximum Gasteiger partial charge on any atom is 0.255 e. The van der Waals surface area contributed by atoms with Gasteiger partial charge in [-0.15, -0.1) is 0 Å². The lowest BCUT2D eigenvalue weighted by Crippen LogP contribution is -2.82. The van der Waals surface area contributed by atoms with Crippen molar-refractivity contribution in [2.45, 2.75) is 50.0 Å². The number of hydrogen-bond acceptors (Lipinski definition) is 11. The second-order valence-corrected chi connectivity index (χ2v) is 10.4. The minimum atomic E-state index is -3.14. The van der Waals surface area contributed by atoms with Crippen molar-refractivity contribution in [3.8, 4) is 5.75 Å². The van der Waals surface area contributed by atoms with Crippen molar-refractivity contribution >= 4 is 29.0 Å². The van der Waals surface area contributed by atoms with Crippen molar-refractivity contribution in [2.75, 3.05) is 14.1 Å². The maximum absolute atomic E-state index is 14.1. The highest BCUT2D eigenvalue weighted by Gasteiger charge is 2.77. The van der Waals surface area contributed by atoms with Gasteiger partial charge in [-0.1, -0.05) is 13.8 Å². The van der Waals surface area contributed by atoms with E-state index < -0.39 is 86.3 Å². The summed E-state index contributed by atoms with van der Waals surface area (Å²) in [7, 11) is 2.79. The molecule has 37 heavy (non-hydrogen) atoms. The van der Waals surface area contributed by atoms with E-state index in [9.17, 15) is 44.7 Å². The minimum Gasteiger partial charge on any atom is -0.508 e. The maximum atomic E-state index is 14.1. The molecule has 1 aromatic carbocycles. The van der Waals surface area contributed by atoms with E-state index in [1.54, 1.807) is 0 Å². The number of fused-ring (bicyclic) bond motifs is 3. The number of nitrogens with zero attached hydrogens (tertiary/aromatic N) is 1. The van der Waals surface area contributed by atoms with Gasteiger partial charge in [-0.25, -0.2) is 0 Å². The van der Waals surface area contributed by atoms with Crippen molar-refractivity contribution < 1.29 is 44.7 Å². The lowest BCUT2D eigenvalue weighted by atomic mass is 9.45. The normalized spacial score (nSPS) is 35.3. The molecule has 1 fully saturated rings. The Balaban J connectivity index is 2.21. The smallest absolute Gasteiger partial charge is 0.255 e. The molecule has 0 heterocycles. The third-order valence-corrected chi connectivity index (χ3v) is 8.42. The number of aliphatic hydroxyl groups excluding tert-OH is 3. The first kappa shape index (κ1) is 26.5. The van der Waals surface area contributed by atoms with E-state index in [2.05, 4.69) is 0 Å². The van der Waals surface area contributed by atoms with Crippen LogP contribution < -0.4 is 11.5 Å². The number of benzene rings is 1. The zero-order valence-electron chi connectivity index (χ0n) is 20.9. The molecule has 12 nitrogen and oxygen atoms in total. The van der Waals surface area contributed by atoms with Gasteiger partial charge < -0.3 is 37.0 Å². The monoisotopic (exact) mass is 515 g/mol. The Morgan fingerprint density at radius 3 is 2.16 bits per heavy atom. The van der Waals surface area contributed by atoms with Crippen molar-refractivity contribution in [1.82, 2.24) is 4.90 Å². The molecule has 1 amide bonds. The molecular weight excluding hydrogens is 486 g/mol. The van der Waals surface area contributed by atoms with Gasteiger partial charge in [-0.2, -0.15) is 0 Å². The molecule has 0 spiro atoms. The topological polar surface area (TPSA) is 225 Å². The Hall–Kier alpha value is -3.58. The number of phenols is 1. The summed E-state index contributed by atoms with van der Waals surface area (Å²) in [5.74, 6) is -8.28. The van der Waals surface area contributed by atoms with Crippen molar-refractivity contribution in [3.63, 3.8) is 0 Å². The van der Waals surface area contributed by atoms with Crippen molar-refractivity contribution in [3.05, 3.63) is 45.7 Å². The molecule has 0 aliphatic heterocycles. The van der Waals surface area contributed by atoms with E-state index in [1.807, 2.05) is 0 Å². The molecule has 0 saturated heterocycles. The zero-order valence-corrected chi connectivity index (χ0v) is 20.9. The Bertz CT molecular complexity index is 1380. The summed E-state index contributed by atoms with van der Waals surface area (Å²) in [5.41, 5.74) is 2.43. The van der Waals surface area contributed by atoms with Crippen LogP contribution in [0.4, 0.5) is 0 Å². The molecule has 0 bridgehead atoms. The number of carbonyl (C=O) groups excluding carboxylic acids is 4. The van der Waals surface area contributed by atoms with E-state index in [-0.39, 0.29) is 16.7 Å². The number of ketones is 3. The zero-order chi connectivity index (χ0) is 28.2. The van der Waals surface area contributed by atoms with Gasteiger partial charge in [0.25, 0.3) is 5.91 Å². The molecule has 6 atom stereocenters. The number of aromatic hydroxyl groups is 1. The van der Waals surface area contributed by atoms with E-state index in [4.69, 9.17) is 11.5 Å². The van der Waals surface area contributed by atoms with Gasteiger partial charge in [0.2, 0.25) is 5.78 Å². The molecule has 0 aromatic heterocycles. The van der Waals surface area contributed by atoms with E-state index in [1.165, 1.54) is 38.9 Å². The highest BCUT2D eigenvalue weighted by atomic mass is 16.4. The molecule has 0 unspecified atom stereocenters. The van der Waals surface area contributed by atoms with E-state index >= 15 is 0 Å². The van der Waals surface area contributed by atoms with Gasteiger partial charge in [0, 0.05) is 11.5 Å². The van der Waals surface area contributed by atoms with Crippen LogP contribution in [0.15, 0.2) is 29.0 Å². The molecule has 198 valence electrons. The number of Topliss-reactive ketones (excluding diaryl/α,β-unsaturated/α-hetero) is 3. The predicted molar refractivity (Wildman–Crippen MR) is 128 cm³/mol. The van der Waals surface area contributed by atoms with Crippen LogP contribution in [0.1, 0.15) is 48.2 Å². The first-order valence-electron chi connectivity index (χ1n) is 11.4. The van der Waals surface area contributed by atoms with Crippen molar-refractivity contribution in [1.29, 1.82) is 0 Å². The number of primary amides is 1. The van der Waals surface area contributed by atoms with Gasteiger partial charge in [0.15, 0.2) is 17.2 Å². The standard InChI is InChI=1S/C25H29N3O9/c1-8-12-10(9(2)29)6-7-11(30)13(12)16(31)15-20(34)25(37)19(33)14(21(26)35)17(32)18(28(4)5)23(25,3)22(36)24(8,15)27/h6-8,18,22,30-31,33,36-37H,27H2,1-5H3,(H2,26,35)/t8-,18+,22+,23+,24-,25+/m0/s1. The SMILES string of the molecule is CC(=O)c1ccc(O)c2c1[C@H](C)[C@]1(N)C(=C2O)C(=O)[C@]2(O)C(O)=C(C(N)=O)C(=O)[C@@H](N(C)C)[C@]2(C)[C@H]1O. The number of likely N-dealkylation sites (N-methyl/N-ethyl adjacent to an activating group) is 1. The Labute approximate surface area is 211 Å². The second kappa shape index (κ2) is 7.71. The summed E-state index contributed by atoms with van der Waals surface area (Å²) in [6.45, 7) is 3.86. The largest absolute Gasteiger partial charge is 0.508 e. The lowest BCUT2D eigenvalue weighted by Gasteiger charge is -2.63. The number of carbonyl (C=O) groups is 4. The average molecular weight is 516 g/mol. The summed E-state index contributed by atoms with van der Waals surface area (Å²) in [4.78, 5) is 53.4. The quantitative estimate of drug-likeness (QED) is 0.194. The predicted octanol–water partition coefficient (Wildman–Crippen LogP) is -0.830. The molecule has 3 aliphatic carbocycles. The molecule has 1 aromatic rings. The van der Waals surface area contributed by atoms with Crippen LogP contribution in [-0.4, -0.2) is 91.1 Å². The number of nitrogens with two attached hydrogens (primary N) is 2. The molecule has 1 saturated carbocycles. The first-order chi connectivity index (χ1) is 16.9. The molecule has 9 N–H and O–H groups in total. The third-order valence-electron chi connectivity index (χ3n) is 8.42. The number of rotatable bonds is 3. The Morgan fingerprint density at radius 1 is 1.11 bits per heavy atom. The second-order valence-electron chi connectivity index (χ2n) is 10.4. The van der Waals surface area contributed by atoms with Gasteiger partial charge in [-0.05, 0) is 38.7 Å². The van der Waals surface area contributed by atoms with Gasteiger partial charge >= 0.3 is 0 Å². The van der Waals surface area contributed by atoms with Gasteiger partial charge in [0.1, 0.15) is 22.8 Å². The number of aliphatic hydroxyl groups is 4. The number of phenolic OH excluding ortho intramolecular Hbond substituents is 1. The van der Waals surface area contributed by atoms with Gasteiger partial charge in [0.05, 0.1) is 34.2 Å². The average Bonchev–Trinajstić information content (AvgIpc) is 2.78. The summed E-state index contributed by atoms with van der Waals surface area (Å²) in [6, 6.07) is 0.850. The van der Waals surface area contributed by atoms with Crippen LogP contribution in [0.5, 0.6) is 5.75 Å². The summed E-state index contributed by atoms with van der Waals surface area (Å²) < 4.78 is 0. The Kier molecular flexibility index (Phi) is 5.52. The number of amides is 1. The van der Waals surface area contributed by atoms with Crippen LogP contribution in [0.2, 0.25) is 0 Å². The van der Waals surface area contributed by atoms with Crippen LogP contribution in [0, 0.1) is 5.41 Å². The fourth-order valence-electron chi connectivity index (χ4n) is 6.62. The minimum absolute atomic E-state index is 0.0540. The highest BCUT2D eigenvalue weighted by Crippen LogP contribution is 2.62. The third kappa shape index (κ3) is 2.75.